The maximum Gasteiger partial charge on any atom is 0.279 e. The Morgan fingerprint density at radius 3 is 2.84 bits per heavy atom. The number of aryl methyl sites for hydroxylation is 1. The fourth-order valence-electron chi connectivity index (χ4n) is 1.98. The van der Waals surface area contributed by atoms with Crippen molar-refractivity contribution in [3.8, 4) is 0 Å². The zero-order valence-electron chi connectivity index (χ0n) is 11.3. The van der Waals surface area contributed by atoms with Gasteiger partial charge in [-0.05, 0) is 36.8 Å². The smallest absolute Gasteiger partial charge is 0.279 e. The minimum Gasteiger partial charge on any atom is -0.463 e. The average molecular weight is 259 g/mol. The van der Waals surface area contributed by atoms with Gasteiger partial charge in [-0.1, -0.05) is 12.1 Å². The lowest BCUT2D eigenvalue weighted by Crippen LogP contribution is -3.08. The molecule has 0 aliphatic heterocycles. The summed E-state index contributed by atoms with van der Waals surface area (Å²) in [5.74, 6) is 0.899. The summed E-state index contributed by atoms with van der Waals surface area (Å²) in [5.41, 5.74) is 1.98. The number of anilines is 1. The number of hydrogen-bond donors (Lipinski definition) is 2. The molecule has 2 rings (SSSR count). The maximum absolute atomic E-state index is 11.9. The molecule has 0 bridgehead atoms. The van der Waals surface area contributed by atoms with E-state index in [0.29, 0.717) is 13.1 Å². The Bertz CT molecular complexity index is 535. The number of likely N-dealkylation sites (N-methyl/N-ethyl adjacent to an activating group) is 1. The second-order valence-corrected chi connectivity index (χ2v) is 4.81. The summed E-state index contributed by atoms with van der Waals surface area (Å²) in [4.78, 5) is 13.0. The monoisotopic (exact) mass is 259 g/mol. The summed E-state index contributed by atoms with van der Waals surface area (Å²) in [7, 11) is 1.97. The summed E-state index contributed by atoms with van der Waals surface area (Å²) in [6.07, 6.45) is 1.65. The van der Waals surface area contributed by atoms with Gasteiger partial charge in [0.15, 0.2) is 12.3 Å². The lowest BCUT2D eigenvalue weighted by molar-refractivity contribution is -0.886. The van der Waals surface area contributed by atoms with Crippen molar-refractivity contribution in [1.82, 2.24) is 0 Å². The number of benzene rings is 1. The predicted octanol–water partition coefficient (Wildman–Crippen LogP) is 1.24. The lowest BCUT2D eigenvalue weighted by atomic mass is 10.2. The van der Waals surface area contributed by atoms with Gasteiger partial charge in [0.25, 0.3) is 5.91 Å². The number of carbonyl (C=O) groups is 1. The highest BCUT2D eigenvalue weighted by Crippen LogP contribution is 2.08. The fourth-order valence-corrected chi connectivity index (χ4v) is 1.98. The van der Waals surface area contributed by atoms with Gasteiger partial charge in [0, 0.05) is 5.69 Å². The first-order valence-corrected chi connectivity index (χ1v) is 6.33. The highest BCUT2D eigenvalue weighted by Gasteiger charge is 2.11. The second-order valence-electron chi connectivity index (χ2n) is 4.81. The Kier molecular flexibility index (Phi) is 4.36. The van der Waals surface area contributed by atoms with Crippen LogP contribution in [0, 0.1) is 6.92 Å². The molecule has 0 saturated heterocycles. The molecule has 1 amide bonds. The number of amides is 1. The number of hydrogen-bond acceptors (Lipinski definition) is 2. The molecular weight excluding hydrogens is 240 g/mol. The van der Waals surface area contributed by atoms with E-state index in [4.69, 9.17) is 4.42 Å². The Labute approximate surface area is 113 Å². The van der Waals surface area contributed by atoms with E-state index in [1.807, 2.05) is 50.4 Å². The minimum atomic E-state index is 0.00894. The molecule has 1 heterocycles. The van der Waals surface area contributed by atoms with E-state index in [-0.39, 0.29) is 5.91 Å². The number of carbonyl (C=O) groups excluding carboxylic acids is 1. The highest BCUT2D eigenvalue weighted by molar-refractivity contribution is 5.91. The van der Waals surface area contributed by atoms with E-state index in [1.54, 1.807) is 6.26 Å². The van der Waals surface area contributed by atoms with Gasteiger partial charge in [-0.25, -0.2) is 0 Å². The van der Waals surface area contributed by atoms with Crippen molar-refractivity contribution in [3.63, 3.8) is 0 Å². The van der Waals surface area contributed by atoms with Gasteiger partial charge in [-0.15, -0.1) is 0 Å². The Balaban J connectivity index is 1.84. The zero-order chi connectivity index (χ0) is 13.7. The van der Waals surface area contributed by atoms with Crippen LogP contribution in [-0.4, -0.2) is 19.5 Å². The Morgan fingerprint density at radius 2 is 2.16 bits per heavy atom. The van der Waals surface area contributed by atoms with Gasteiger partial charge in [-0.2, -0.15) is 0 Å². The molecule has 1 atom stereocenters. The molecule has 0 aliphatic carbocycles. The van der Waals surface area contributed by atoms with Gasteiger partial charge in [-0.3, -0.25) is 4.79 Å². The van der Waals surface area contributed by atoms with Crippen LogP contribution in [0.4, 0.5) is 5.69 Å². The van der Waals surface area contributed by atoms with Crippen LogP contribution in [0.25, 0.3) is 0 Å². The third-order valence-electron chi connectivity index (χ3n) is 2.82. The van der Waals surface area contributed by atoms with E-state index in [2.05, 4.69) is 5.32 Å². The van der Waals surface area contributed by atoms with Gasteiger partial charge in [0.2, 0.25) is 0 Å². The number of furan rings is 1. The third-order valence-corrected chi connectivity index (χ3v) is 2.82. The molecule has 2 aromatic rings. The van der Waals surface area contributed by atoms with Crippen LogP contribution < -0.4 is 10.2 Å². The first-order valence-electron chi connectivity index (χ1n) is 6.33. The van der Waals surface area contributed by atoms with Gasteiger partial charge < -0.3 is 14.6 Å². The van der Waals surface area contributed by atoms with Gasteiger partial charge in [0.1, 0.15) is 6.54 Å². The van der Waals surface area contributed by atoms with Crippen LogP contribution in [0.1, 0.15) is 11.3 Å². The minimum absolute atomic E-state index is 0.00894. The van der Waals surface area contributed by atoms with Crippen LogP contribution in [-0.2, 0) is 11.3 Å². The molecule has 1 aromatic carbocycles. The Hall–Kier alpha value is -2.07. The summed E-state index contributed by atoms with van der Waals surface area (Å²) < 4.78 is 5.27. The molecule has 4 nitrogen and oxygen atoms in total. The largest absolute Gasteiger partial charge is 0.463 e. The summed E-state index contributed by atoms with van der Waals surface area (Å²) in [6, 6.07) is 11.6. The SMILES string of the molecule is Cc1cccc(NC(=O)C[NH+](C)Cc2ccco2)c1. The number of rotatable bonds is 5. The molecule has 2 N–H and O–H groups in total. The first kappa shape index (κ1) is 13.4. The number of quaternary nitrogens is 1. The van der Waals surface area contributed by atoms with E-state index in [1.165, 1.54) is 0 Å². The van der Waals surface area contributed by atoms with Crippen LogP contribution in [0.15, 0.2) is 47.1 Å². The third kappa shape index (κ3) is 4.26. The van der Waals surface area contributed by atoms with E-state index < -0.39 is 0 Å². The quantitative estimate of drug-likeness (QED) is 0.848. The molecule has 1 unspecified atom stereocenters. The van der Waals surface area contributed by atoms with E-state index in [9.17, 15) is 4.79 Å². The van der Waals surface area contributed by atoms with Crippen molar-refractivity contribution >= 4 is 11.6 Å². The summed E-state index contributed by atoms with van der Waals surface area (Å²) in [5, 5.41) is 2.90. The molecule has 0 saturated carbocycles. The highest BCUT2D eigenvalue weighted by atomic mass is 16.3. The second kappa shape index (κ2) is 6.20. The molecule has 0 aliphatic rings. The van der Waals surface area contributed by atoms with Crippen LogP contribution in [0.3, 0.4) is 0 Å². The molecule has 19 heavy (non-hydrogen) atoms. The fraction of sp³-hybridized carbons (Fsp3) is 0.267. The molecule has 0 fully saturated rings. The maximum atomic E-state index is 11.9. The van der Waals surface area contributed by atoms with E-state index in [0.717, 1.165) is 21.9 Å². The number of nitrogens with one attached hydrogen (secondary N) is 2. The van der Waals surface area contributed by atoms with Crippen molar-refractivity contribution in [2.75, 3.05) is 18.9 Å². The van der Waals surface area contributed by atoms with Gasteiger partial charge in [0.05, 0.1) is 13.3 Å². The summed E-state index contributed by atoms with van der Waals surface area (Å²) in [6.45, 7) is 3.12. The topological polar surface area (TPSA) is 46.7 Å². The molecular formula is C15H19N2O2+. The lowest BCUT2D eigenvalue weighted by Gasteiger charge is -2.12. The van der Waals surface area contributed by atoms with Crippen LogP contribution >= 0.6 is 0 Å². The van der Waals surface area contributed by atoms with Crippen molar-refractivity contribution in [2.24, 2.45) is 0 Å². The average Bonchev–Trinajstić information content (AvgIpc) is 2.81. The van der Waals surface area contributed by atoms with E-state index >= 15 is 0 Å². The Morgan fingerprint density at radius 1 is 1.32 bits per heavy atom. The first-order chi connectivity index (χ1) is 9.13. The predicted molar refractivity (Wildman–Crippen MR) is 74.0 cm³/mol. The van der Waals surface area contributed by atoms with Gasteiger partial charge >= 0.3 is 0 Å². The summed E-state index contributed by atoms with van der Waals surface area (Å²) >= 11 is 0. The van der Waals surface area contributed by atoms with Crippen LogP contribution in [0.5, 0.6) is 0 Å². The normalized spacial score (nSPS) is 12.1. The van der Waals surface area contributed by atoms with Crippen molar-refractivity contribution < 1.29 is 14.1 Å². The van der Waals surface area contributed by atoms with Crippen molar-refractivity contribution in [1.29, 1.82) is 0 Å². The zero-order valence-corrected chi connectivity index (χ0v) is 11.3. The van der Waals surface area contributed by atoms with Crippen LogP contribution in [0.2, 0.25) is 0 Å². The molecule has 4 heteroatoms. The molecule has 0 spiro atoms. The molecule has 100 valence electrons. The molecule has 0 radical (unpaired) electrons. The molecule has 1 aromatic heterocycles. The van der Waals surface area contributed by atoms with Crippen molar-refractivity contribution in [3.05, 3.63) is 54.0 Å². The van der Waals surface area contributed by atoms with Crippen molar-refractivity contribution in [2.45, 2.75) is 13.5 Å². The standard InChI is InChI=1S/C15H18N2O2/c1-12-5-3-6-13(9-12)16-15(18)11-17(2)10-14-7-4-8-19-14/h3-9H,10-11H2,1-2H3,(H,16,18)/p+1.